The van der Waals surface area contributed by atoms with Gasteiger partial charge < -0.3 is 10.3 Å². The lowest BCUT2D eigenvalue weighted by Crippen LogP contribution is -2.55. The summed E-state index contributed by atoms with van der Waals surface area (Å²) >= 11 is 0. The third-order valence-corrected chi connectivity index (χ3v) is 3.98. The summed E-state index contributed by atoms with van der Waals surface area (Å²) in [6, 6.07) is 7.80. The van der Waals surface area contributed by atoms with Gasteiger partial charge in [0.15, 0.2) is 0 Å². The molecule has 4 rings (SSSR count). The summed E-state index contributed by atoms with van der Waals surface area (Å²) in [4.78, 5) is 2.48. The van der Waals surface area contributed by atoms with Crippen molar-refractivity contribution in [2.45, 2.75) is 19.7 Å². The molecule has 0 aromatic heterocycles. The van der Waals surface area contributed by atoms with Gasteiger partial charge in [0.1, 0.15) is 11.4 Å². The Kier molecular flexibility index (Phi) is 2.52. The maximum atomic E-state index is 12.6. The lowest BCUT2D eigenvalue weighted by atomic mass is 10.2. The number of aliphatic hydroxyl groups excluding tert-OH is 1. The number of fused-ring (bicyclic) bond motifs is 6. The highest BCUT2D eigenvalue weighted by molar-refractivity contribution is 6.02. The quantitative estimate of drug-likeness (QED) is 0.642. The van der Waals surface area contributed by atoms with Gasteiger partial charge in [0.05, 0.1) is 19.3 Å². The summed E-state index contributed by atoms with van der Waals surface area (Å²) in [7, 11) is 0. The molecule has 21 heavy (non-hydrogen) atoms. The summed E-state index contributed by atoms with van der Waals surface area (Å²) in [5.74, 6) is 0.420. The number of para-hydroxylation sites is 2. The molecule has 7 nitrogen and oxygen atoms in total. The molecule has 3 aliphatic heterocycles. The number of rotatable bonds is 2. The Hall–Kier alpha value is -2.41. The summed E-state index contributed by atoms with van der Waals surface area (Å²) in [5, 5.41) is 28.4. The SMILES string of the molecule is CCCN1C(O)N2C(=[N+]1[O-])N1C=CCN1c1ccccc12. The van der Waals surface area contributed by atoms with Gasteiger partial charge in [0.25, 0.3) is 6.35 Å². The van der Waals surface area contributed by atoms with Crippen molar-refractivity contribution in [1.82, 2.24) is 10.0 Å². The smallest absolute Gasteiger partial charge is 0.409 e. The van der Waals surface area contributed by atoms with Crippen LogP contribution in [-0.2, 0) is 0 Å². The number of hydrogen-bond donors (Lipinski definition) is 1. The van der Waals surface area contributed by atoms with E-state index in [2.05, 4.69) is 0 Å². The van der Waals surface area contributed by atoms with Gasteiger partial charge in [0.2, 0.25) is 0 Å². The van der Waals surface area contributed by atoms with Crippen molar-refractivity contribution in [1.29, 1.82) is 0 Å². The normalized spacial score (nSPS) is 22.9. The zero-order valence-corrected chi connectivity index (χ0v) is 11.8. The Morgan fingerprint density at radius 1 is 1.33 bits per heavy atom. The molecule has 0 fully saturated rings. The number of benzene rings is 1. The second-order valence-electron chi connectivity index (χ2n) is 5.25. The van der Waals surface area contributed by atoms with E-state index in [9.17, 15) is 10.3 Å². The zero-order valence-electron chi connectivity index (χ0n) is 11.8. The Morgan fingerprint density at radius 3 is 2.86 bits per heavy atom. The lowest BCUT2D eigenvalue weighted by Gasteiger charge is -2.35. The molecular formula is C14H17N5O2. The van der Waals surface area contributed by atoms with Crippen molar-refractivity contribution < 1.29 is 9.95 Å². The van der Waals surface area contributed by atoms with Gasteiger partial charge in [-0.15, -0.1) is 5.01 Å². The monoisotopic (exact) mass is 287 g/mol. The topological polar surface area (TPSA) is 59.3 Å². The summed E-state index contributed by atoms with van der Waals surface area (Å²) < 4.78 is 0. The number of hydrazine groups is 2. The van der Waals surface area contributed by atoms with Crippen molar-refractivity contribution in [3.8, 4) is 0 Å². The van der Waals surface area contributed by atoms with Crippen LogP contribution in [0.4, 0.5) is 11.4 Å². The van der Waals surface area contributed by atoms with Crippen LogP contribution < -0.4 is 9.91 Å². The number of hydrogen-bond acceptors (Lipinski definition) is 6. The summed E-state index contributed by atoms with van der Waals surface area (Å²) in [6.45, 7) is 3.20. The predicted octanol–water partition coefficient (Wildman–Crippen LogP) is 0.840. The van der Waals surface area contributed by atoms with Crippen LogP contribution in [0.2, 0.25) is 0 Å². The molecule has 0 saturated heterocycles. The molecule has 7 heteroatoms. The van der Waals surface area contributed by atoms with Crippen molar-refractivity contribution in [2.75, 3.05) is 23.0 Å². The fourth-order valence-corrected chi connectivity index (χ4v) is 3.09. The number of nitrogens with zero attached hydrogens (tertiary/aromatic N) is 5. The predicted molar refractivity (Wildman–Crippen MR) is 78.9 cm³/mol. The first-order valence-corrected chi connectivity index (χ1v) is 7.14. The van der Waals surface area contributed by atoms with Gasteiger partial charge in [-0.3, -0.25) is 0 Å². The fourth-order valence-electron chi connectivity index (χ4n) is 3.09. The van der Waals surface area contributed by atoms with Crippen molar-refractivity contribution in [2.24, 2.45) is 0 Å². The van der Waals surface area contributed by atoms with Crippen LogP contribution in [0.1, 0.15) is 13.3 Å². The van der Waals surface area contributed by atoms with Crippen LogP contribution in [0.3, 0.4) is 0 Å². The van der Waals surface area contributed by atoms with Crippen molar-refractivity contribution in [3.63, 3.8) is 0 Å². The molecule has 0 spiro atoms. The van der Waals surface area contributed by atoms with Gasteiger partial charge in [-0.05, 0) is 24.6 Å². The van der Waals surface area contributed by atoms with Gasteiger partial charge in [-0.1, -0.05) is 19.1 Å². The first-order valence-electron chi connectivity index (χ1n) is 7.14. The molecule has 1 aromatic rings. The first-order chi connectivity index (χ1) is 10.2. The van der Waals surface area contributed by atoms with E-state index in [1.165, 1.54) is 5.01 Å². The van der Waals surface area contributed by atoms with Crippen LogP contribution in [0.25, 0.3) is 0 Å². The molecule has 1 aromatic carbocycles. The van der Waals surface area contributed by atoms with Crippen molar-refractivity contribution >= 4 is 17.3 Å². The third-order valence-electron chi connectivity index (χ3n) is 3.98. The third kappa shape index (κ3) is 1.49. The standard InChI is InChI=1S/C14H17N5O2/c1-2-8-17-14(20)18-12-7-4-3-6-11(12)15-9-5-10-16(15)13(18)19(17)21/h3-7,10,14,20H,2,8-9H2,1H3. The van der Waals surface area contributed by atoms with Crippen LogP contribution in [0, 0.1) is 5.21 Å². The molecule has 0 amide bonds. The average molecular weight is 287 g/mol. The maximum absolute atomic E-state index is 12.6. The Morgan fingerprint density at radius 2 is 2.10 bits per heavy atom. The molecule has 110 valence electrons. The second kappa shape index (κ2) is 4.29. The van der Waals surface area contributed by atoms with E-state index in [1.807, 2.05) is 48.5 Å². The molecule has 1 atom stereocenters. The highest BCUT2D eigenvalue weighted by atomic mass is 16.6. The molecule has 0 saturated carbocycles. The van der Waals surface area contributed by atoms with Crippen LogP contribution in [0.15, 0.2) is 36.5 Å². The fraction of sp³-hybridized carbons (Fsp3) is 0.357. The number of guanidine groups is 1. The highest BCUT2D eigenvalue weighted by Crippen LogP contribution is 2.40. The molecular weight excluding hydrogens is 270 g/mol. The number of anilines is 2. The van der Waals surface area contributed by atoms with E-state index >= 15 is 0 Å². The van der Waals surface area contributed by atoms with E-state index < -0.39 is 6.35 Å². The molecule has 1 N–H and O–H groups in total. The zero-order chi connectivity index (χ0) is 14.6. The second-order valence-corrected chi connectivity index (χ2v) is 5.25. The van der Waals surface area contributed by atoms with Crippen LogP contribution in [-0.4, -0.2) is 45.4 Å². The van der Waals surface area contributed by atoms with Crippen molar-refractivity contribution in [3.05, 3.63) is 41.7 Å². The molecule has 0 aliphatic carbocycles. The summed E-state index contributed by atoms with van der Waals surface area (Å²) in [5.41, 5.74) is 1.83. The van der Waals surface area contributed by atoms with Gasteiger partial charge in [0, 0.05) is 0 Å². The van der Waals surface area contributed by atoms with Gasteiger partial charge in [-0.2, -0.15) is 9.75 Å². The largest absolute Gasteiger partial charge is 0.723 e. The Bertz CT molecular complexity index is 644. The van der Waals surface area contributed by atoms with E-state index in [0.717, 1.165) is 22.6 Å². The minimum Gasteiger partial charge on any atom is -0.723 e. The van der Waals surface area contributed by atoms with Crippen LogP contribution in [0.5, 0.6) is 0 Å². The van der Waals surface area contributed by atoms with E-state index in [-0.39, 0.29) is 0 Å². The van der Waals surface area contributed by atoms with Gasteiger partial charge >= 0.3 is 5.96 Å². The molecule has 3 aliphatic rings. The maximum Gasteiger partial charge on any atom is 0.409 e. The molecule has 1 unspecified atom stereocenters. The van der Waals surface area contributed by atoms with Gasteiger partial charge in [-0.25, -0.2) is 10.0 Å². The van der Waals surface area contributed by atoms with E-state index in [4.69, 9.17) is 0 Å². The number of hydrazone groups is 1. The average Bonchev–Trinajstić information content (AvgIpc) is 3.07. The van der Waals surface area contributed by atoms with E-state index in [0.29, 0.717) is 19.0 Å². The van der Waals surface area contributed by atoms with E-state index in [1.54, 1.807) is 9.91 Å². The first kappa shape index (κ1) is 12.3. The highest BCUT2D eigenvalue weighted by Gasteiger charge is 2.52. The molecule has 3 heterocycles. The molecule has 0 radical (unpaired) electrons. The lowest BCUT2D eigenvalue weighted by molar-refractivity contribution is -0.647. The minimum atomic E-state index is -0.977. The summed E-state index contributed by atoms with van der Waals surface area (Å²) in [6.07, 6.45) is 3.68. The Labute approximate surface area is 122 Å². The minimum absolute atomic E-state index is 0.420. The molecule has 0 bridgehead atoms. The number of aliphatic hydroxyl groups is 1. The Balaban J connectivity index is 1.90. The van der Waals surface area contributed by atoms with Crippen LogP contribution >= 0.6 is 0 Å².